The highest BCUT2D eigenvalue weighted by Gasteiger charge is 2.32. The Labute approximate surface area is 227 Å². The van der Waals surface area contributed by atoms with Crippen LogP contribution in [-0.2, 0) is 16.1 Å². The van der Waals surface area contributed by atoms with E-state index in [1.54, 1.807) is 10.6 Å². The van der Waals surface area contributed by atoms with Crippen molar-refractivity contribution < 1.29 is 23.0 Å². The second kappa shape index (κ2) is 10.1. The normalized spacial score (nSPS) is 14.1. The van der Waals surface area contributed by atoms with Crippen molar-refractivity contribution in [1.82, 2.24) is 9.55 Å². The van der Waals surface area contributed by atoms with Gasteiger partial charge in [0.25, 0.3) is 0 Å². The lowest BCUT2D eigenvalue weighted by atomic mass is 9.88. The molecule has 1 N–H and O–H groups in total. The van der Waals surface area contributed by atoms with E-state index in [9.17, 15) is 13.6 Å². The van der Waals surface area contributed by atoms with Crippen molar-refractivity contribution in [3.8, 4) is 16.9 Å². The van der Waals surface area contributed by atoms with Crippen LogP contribution in [0.2, 0.25) is 0 Å². The maximum absolute atomic E-state index is 14.6. The van der Waals surface area contributed by atoms with Crippen LogP contribution in [0, 0.1) is 25.5 Å². The number of benzene rings is 2. The first-order valence-corrected chi connectivity index (χ1v) is 13.1. The second-order valence-electron chi connectivity index (χ2n) is 11.0. The molecule has 204 valence electrons. The molecule has 0 bridgehead atoms. The minimum atomic E-state index is -0.890. The number of ketones is 1. The number of pyridine rings is 1. The summed E-state index contributed by atoms with van der Waals surface area (Å²) in [7, 11) is 0. The minimum absolute atomic E-state index is 0.103. The van der Waals surface area contributed by atoms with Crippen molar-refractivity contribution in [2.24, 2.45) is 0 Å². The zero-order chi connectivity index (χ0) is 28.1. The van der Waals surface area contributed by atoms with E-state index in [1.165, 1.54) is 13.0 Å². The van der Waals surface area contributed by atoms with Crippen molar-refractivity contribution in [2.45, 2.75) is 59.8 Å². The fraction of sp³-hybridized carbons (Fsp3) is 0.355. The molecule has 1 aliphatic heterocycles. The topological polar surface area (TPSA) is 65.4 Å². The number of ether oxygens (including phenoxy) is 2. The number of fused-ring (bicyclic) bond motifs is 2. The first-order chi connectivity index (χ1) is 18.5. The highest BCUT2D eigenvalue weighted by atomic mass is 19.2. The van der Waals surface area contributed by atoms with Gasteiger partial charge in [-0.1, -0.05) is 18.2 Å². The number of anilines is 1. The van der Waals surface area contributed by atoms with Crippen LogP contribution in [0.4, 0.5) is 14.5 Å². The summed E-state index contributed by atoms with van der Waals surface area (Å²) in [6.45, 7) is 12.5. The Morgan fingerprint density at radius 1 is 1.18 bits per heavy atom. The third-order valence-corrected chi connectivity index (χ3v) is 6.97. The Morgan fingerprint density at radius 2 is 1.95 bits per heavy atom. The van der Waals surface area contributed by atoms with E-state index in [0.29, 0.717) is 30.1 Å². The van der Waals surface area contributed by atoms with E-state index < -0.39 is 23.3 Å². The van der Waals surface area contributed by atoms with Crippen LogP contribution < -0.4 is 10.1 Å². The van der Waals surface area contributed by atoms with Crippen LogP contribution in [0.25, 0.3) is 22.2 Å². The van der Waals surface area contributed by atoms with Gasteiger partial charge in [0, 0.05) is 40.5 Å². The highest BCUT2D eigenvalue weighted by Crippen LogP contribution is 2.44. The summed E-state index contributed by atoms with van der Waals surface area (Å²) in [5.74, 6) is -1.12. The van der Waals surface area contributed by atoms with Gasteiger partial charge in [-0.3, -0.25) is 4.79 Å². The predicted molar refractivity (Wildman–Crippen MR) is 148 cm³/mol. The Kier molecular flexibility index (Phi) is 6.93. The van der Waals surface area contributed by atoms with E-state index in [2.05, 4.69) is 5.32 Å². The van der Waals surface area contributed by atoms with Crippen LogP contribution in [0.1, 0.15) is 56.2 Å². The van der Waals surface area contributed by atoms with E-state index in [1.807, 2.05) is 59.0 Å². The first kappa shape index (κ1) is 26.8. The van der Waals surface area contributed by atoms with Gasteiger partial charge in [0.1, 0.15) is 24.1 Å². The van der Waals surface area contributed by atoms with Crippen LogP contribution in [0.5, 0.6) is 5.75 Å². The second-order valence-corrected chi connectivity index (χ2v) is 11.0. The number of halogens is 2. The van der Waals surface area contributed by atoms with Gasteiger partial charge < -0.3 is 19.4 Å². The number of aryl methyl sites for hydroxylation is 1. The third kappa shape index (κ3) is 5.01. The number of hydrogen-bond acceptors (Lipinski definition) is 5. The monoisotopic (exact) mass is 533 g/mol. The van der Waals surface area contributed by atoms with Crippen molar-refractivity contribution in [3.05, 3.63) is 76.6 Å². The molecule has 2 aromatic heterocycles. The zero-order valence-corrected chi connectivity index (χ0v) is 23.1. The van der Waals surface area contributed by atoms with E-state index in [0.717, 1.165) is 39.6 Å². The molecule has 8 heteroatoms. The van der Waals surface area contributed by atoms with Gasteiger partial charge in [-0.15, -0.1) is 0 Å². The number of rotatable bonds is 6. The van der Waals surface area contributed by atoms with Gasteiger partial charge in [-0.2, -0.15) is 0 Å². The summed E-state index contributed by atoms with van der Waals surface area (Å²) in [6, 6.07) is 10.0. The summed E-state index contributed by atoms with van der Waals surface area (Å²) in [4.78, 5) is 18.0. The molecule has 4 aromatic rings. The summed E-state index contributed by atoms with van der Waals surface area (Å²) in [5, 5.41) is 4.23. The van der Waals surface area contributed by atoms with Crippen LogP contribution in [0.3, 0.4) is 0 Å². The fourth-order valence-corrected chi connectivity index (χ4v) is 5.26. The number of hydrogen-bond donors (Lipinski definition) is 1. The Balaban J connectivity index is 1.78. The zero-order valence-electron chi connectivity index (χ0n) is 23.1. The van der Waals surface area contributed by atoms with Gasteiger partial charge in [0.2, 0.25) is 0 Å². The lowest BCUT2D eigenvalue weighted by molar-refractivity contribution is -0.138. The summed E-state index contributed by atoms with van der Waals surface area (Å²) < 4.78 is 42.5. The van der Waals surface area contributed by atoms with Crippen LogP contribution in [-0.4, -0.2) is 34.1 Å². The smallest absolute Gasteiger partial charge is 0.163 e. The molecule has 0 amide bonds. The standard InChI is InChI=1S/C31H33F2N3O3/c1-17-21(10-11-24-28(17)34-13-15-38-24)26-22-12-14-36(16-20-8-7-9-23(32)27(20)33)30(22)35-18(2)25(26)29(19(3)37)39-31(4,5)6/h7-12,14,29,34H,13,15-16H2,1-6H3/t29-/m1/s1. The number of Topliss-reactive ketones (excluding diaryl/α,β-unsaturated/α-hetero) is 1. The maximum atomic E-state index is 14.6. The average Bonchev–Trinajstić information content (AvgIpc) is 3.26. The number of carbonyl (C=O) groups is 1. The fourth-order valence-electron chi connectivity index (χ4n) is 5.26. The molecule has 0 unspecified atom stereocenters. The predicted octanol–water partition coefficient (Wildman–Crippen LogP) is 6.90. The third-order valence-electron chi connectivity index (χ3n) is 6.97. The highest BCUT2D eigenvalue weighted by molar-refractivity contribution is 6.00. The molecule has 39 heavy (non-hydrogen) atoms. The first-order valence-electron chi connectivity index (χ1n) is 13.1. The molecular formula is C31H33F2N3O3. The average molecular weight is 534 g/mol. The van der Waals surface area contributed by atoms with Crippen molar-refractivity contribution in [2.75, 3.05) is 18.5 Å². The molecule has 0 spiro atoms. The number of aromatic nitrogens is 2. The molecular weight excluding hydrogens is 500 g/mol. The molecule has 2 aromatic carbocycles. The Hall–Kier alpha value is -3.78. The maximum Gasteiger partial charge on any atom is 0.163 e. The number of nitrogens with zero attached hydrogens (tertiary/aromatic N) is 2. The van der Waals surface area contributed by atoms with Crippen molar-refractivity contribution in [3.63, 3.8) is 0 Å². The van der Waals surface area contributed by atoms with E-state index >= 15 is 0 Å². The quantitative estimate of drug-likeness (QED) is 0.292. The molecule has 0 radical (unpaired) electrons. The molecule has 1 atom stereocenters. The van der Waals surface area contributed by atoms with Gasteiger partial charge in [0.05, 0.1) is 17.8 Å². The molecule has 0 aliphatic carbocycles. The molecule has 3 heterocycles. The summed E-state index contributed by atoms with van der Waals surface area (Å²) >= 11 is 0. The van der Waals surface area contributed by atoms with Crippen LogP contribution >= 0.6 is 0 Å². The molecule has 1 aliphatic rings. The van der Waals surface area contributed by atoms with E-state index in [-0.39, 0.29) is 17.9 Å². The lowest BCUT2D eigenvalue weighted by Crippen LogP contribution is -2.27. The van der Waals surface area contributed by atoms with Crippen molar-refractivity contribution in [1.29, 1.82) is 0 Å². The van der Waals surface area contributed by atoms with Gasteiger partial charge in [0.15, 0.2) is 17.4 Å². The van der Waals surface area contributed by atoms with Crippen LogP contribution in [0.15, 0.2) is 42.6 Å². The Morgan fingerprint density at radius 3 is 2.67 bits per heavy atom. The minimum Gasteiger partial charge on any atom is -0.490 e. The Bertz CT molecular complexity index is 1590. The summed E-state index contributed by atoms with van der Waals surface area (Å²) in [5.41, 5.74) is 5.19. The molecule has 5 rings (SSSR count). The van der Waals surface area contributed by atoms with Crippen molar-refractivity contribution >= 4 is 22.5 Å². The van der Waals surface area contributed by atoms with Gasteiger partial charge in [-0.25, -0.2) is 13.8 Å². The largest absolute Gasteiger partial charge is 0.490 e. The molecule has 0 saturated heterocycles. The number of nitrogens with one attached hydrogen (secondary N) is 1. The van der Waals surface area contributed by atoms with Gasteiger partial charge >= 0.3 is 0 Å². The lowest BCUT2D eigenvalue weighted by Gasteiger charge is -2.30. The molecule has 0 fully saturated rings. The summed E-state index contributed by atoms with van der Waals surface area (Å²) in [6.07, 6.45) is 0.970. The molecule has 0 saturated carbocycles. The van der Waals surface area contributed by atoms with Gasteiger partial charge in [-0.05, 0) is 70.9 Å². The van der Waals surface area contributed by atoms with E-state index in [4.69, 9.17) is 14.5 Å². The molecule has 6 nitrogen and oxygen atoms in total. The SMILES string of the molecule is CC(=O)[C@@H](OC(C)(C)C)c1c(C)nc2c(ccn2Cc2cccc(F)c2F)c1-c1ccc2c(c1C)NCCO2. The number of carbonyl (C=O) groups excluding carboxylic acids is 1.